The highest BCUT2D eigenvalue weighted by atomic mass is 79.9. The number of aliphatic hydroxyl groups excluding tert-OH is 1. The number of benzene rings is 3. The molecule has 0 atom stereocenters. The molecule has 9 nitrogen and oxygen atoms in total. The van der Waals surface area contributed by atoms with E-state index in [2.05, 4.69) is 43.7 Å². The lowest BCUT2D eigenvalue weighted by molar-refractivity contribution is 0.206. The summed E-state index contributed by atoms with van der Waals surface area (Å²) in [5.74, 6) is 0. The van der Waals surface area contributed by atoms with Gasteiger partial charge in [0.2, 0.25) is 0 Å². The number of halogens is 1. The summed E-state index contributed by atoms with van der Waals surface area (Å²) in [5, 5.41) is 23.7. The minimum Gasteiger partial charge on any atom is -0.400 e. The number of hydrogen-bond donors (Lipinski definition) is 2. The Hall–Kier alpha value is -4.28. The molecule has 0 radical (unpaired) electrons. The molecule has 2 N–H and O–H groups in total. The first-order valence-corrected chi connectivity index (χ1v) is 13.3. The van der Waals surface area contributed by atoms with Crippen LogP contribution in [0, 0.1) is 0 Å². The van der Waals surface area contributed by atoms with Gasteiger partial charge in [0.05, 0.1) is 30.7 Å². The van der Waals surface area contributed by atoms with Crippen molar-refractivity contribution in [2.75, 3.05) is 19.0 Å². The molecule has 198 valence electrons. The fourth-order valence-corrected chi connectivity index (χ4v) is 4.86. The summed E-state index contributed by atoms with van der Waals surface area (Å²) in [7, 11) is 1.00. The molecule has 1 aliphatic rings. The van der Waals surface area contributed by atoms with Crippen LogP contribution in [-0.4, -0.2) is 54.5 Å². The standard InChI is InChI=1S/C28H24BrN7O.CH4O/c29-21-11-13-24(14-12-21)35-17-23(31-33-35)18-36-26-15-16-34(28(37)30-22-9-5-2-6-10-22)19-25(26)27(32-36)20-7-3-1-4-8-20;1-2/h1-14,17H,15-16,18-19H2,(H,30,37);2H,1H3. The quantitative estimate of drug-likeness (QED) is 0.297. The van der Waals surface area contributed by atoms with Gasteiger partial charge in [-0.05, 0) is 36.4 Å². The van der Waals surface area contributed by atoms with E-state index < -0.39 is 0 Å². The highest BCUT2D eigenvalue weighted by Crippen LogP contribution is 2.31. The molecule has 0 saturated carbocycles. The average Bonchev–Trinajstić information content (AvgIpc) is 3.60. The van der Waals surface area contributed by atoms with Gasteiger partial charge in [0.15, 0.2) is 0 Å². The van der Waals surface area contributed by atoms with Crippen LogP contribution in [0.2, 0.25) is 0 Å². The van der Waals surface area contributed by atoms with E-state index in [0.717, 1.165) is 51.2 Å². The molecule has 0 aliphatic carbocycles. The number of urea groups is 1. The van der Waals surface area contributed by atoms with Gasteiger partial charge < -0.3 is 15.3 Å². The van der Waals surface area contributed by atoms with Crippen molar-refractivity contribution in [3.63, 3.8) is 0 Å². The summed E-state index contributed by atoms with van der Waals surface area (Å²) in [6, 6.07) is 27.5. The number of carbonyl (C=O) groups is 1. The van der Waals surface area contributed by atoms with Gasteiger partial charge in [-0.2, -0.15) is 5.10 Å². The van der Waals surface area contributed by atoms with Crippen molar-refractivity contribution in [1.82, 2.24) is 29.7 Å². The van der Waals surface area contributed by atoms with Crippen LogP contribution < -0.4 is 5.32 Å². The van der Waals surface area contributed by atoms with E-state index in [-0.39, 0.29) is 6.03 Å². The summed E-state index contributed by atoms with van der Waals surface area (Å²) in [4.78, 5) is 14.9. The van der Waals surface area contributed by atoms with Gasteiger partial charge in [0, 0.05) is 47.1 Å². The maximum absolute atomic E-state index is 13.0. The minimum absolute atomic E-state index is 0.110. The third-order valence-corrected chi connectivity index (χ3v) is 6.97. The number of fused-ring (bicyclic) bond motifs is 1. The van der Waals surface area contributed by atoms with E-state index in [1.165, 1.54) is 0 Å². The van der Waals surface area contributed by atoms with E-state index in [1.54, 1.807) is 4.68 Å². The van der Waals surface area contributed by atoms with E-state index in [4.69, 9.17) is 10.2 Å². The number of hydrogen-bond acceptors (Lipinski definition) is 5. The van der Waals surface area contributed by atoms with Crippen molar-refractivity contribution < 1.29 is 9.90 Å². The van der Waals surface area contributed by atoms with Gasteiger partial charge in [-0.3, -0.25) is 4.68 Å². The van der Waals surface area contributed by atoms with E-state index in [9.17, 15) is 4.79 Å². The number of nitrogens with zero attached hydrogens (tertiary/aromatic N) is 6. The van der Waals surface area contributed by atoms with Gasteiger partial charge in [-0.25, -0.2) is 9.48 Å². The van der Waals surface area contributed by atoms with Crippen LogP contribution in [0.1, 0.15) is 17.0 Å². The first-order chi connectivity index (χ1) is 19.1. The average molecular weight is 586 g/mol. The van der Waals surface area contributed by atoms with Crippen molar-refractivity contribution >= 4 is 27.6 Å². The molecule has 2 amide bonds. The number of carbonyl (C=O) groups excluding carboxylic acids is 1. The van der Waals surface area contributed by atoms with Crippen molar-refractivity contribution in [3.8, 4) is 16.9 Å². The number of aromatic nitrogens is 5. The fourth-order valence-electron chi connectivity index (χ4n) is 4.59. The van der Waals surface area contributed by atoms with Crippen LogP contribution in [0.4, 0.5) is 10.5 Å². The lowest BCUT2D eigenvalue weighted by Crippen LogP contribution is -2.39. The molecule has 5 aromatic rings. The molecule has 0 unspecified atom stereocenters. The second kappa shape index (κ2) is 12.1. The SMILES string of the molecule is CO.O=C(Nc1ccccc1)N1CCc2c(c(-c3ccccc3)nn2Cc2cn(-c3ccc(Br)cc3)nn2)C1. The van der Waals surface area contributed by atoms with Gasteiger partial charge in [-0.1, -0.05) is 69.7 Å². The first-order valence-electron chi connectivity index (χ1n) is 12.5. The van der Waals surface area contributed by atoms with Crippen LogP contribution in [0.25, 0.3) is 16.9 Å². The van der Waals surface area contributed by atoms with Crippen molar-refractivity contribution in [3.05, 3.63) is 113 Å². The van der Waals surface area contributed by atoms with Gasteiger partial charge in [0.25, 0.3) is 0 Å². The molecule has 0 bridgehead atoms. The summed E-state index contributed by atoms with van der Waals surface area (Å²) in [5.41, 5.74) is 6.66. The monoisotopic (exact) mass is 585 g/mol. The number of nitrogens with one attached hydrogen (secondary N) is 1. The van der Waals surface area contributed by atoms with Gasteiger partial charge in [0.1, 0.15) is 5.69 Å². The molecular formula is C29H28BrN7O2. The zero-order valence-corrected chi connectivity index (χ0v) is 23.0. The summed E-state index contributed by atoms with van der Waals surface area (Å²) in [6.07, 6.45) is 2.64. The third-order valence-electron chi connectivity index (χ3n) is 6.44. The van der Waals surface area contributed by atoms with E-state index in [1.807, 2.05) is 88.6 Å². The molecule has 0 saturated heterocycles. The molecule has 39 heavy (non-hydrogen) atoms. The van der Waals surface area contributed by atoms with Crippen molar-refractivity contribution in [1.29, 1.82) is 0 Å². The summed E-state index contributed by atoms with van der Waals surface area (Å²) >= 11 is 3.47. The van der Waals surface area contributed by atoms with E-state index >= 15 is 0 Å². The molecular weight excluding hydrogens is 558 g/mol. The molecule has 2 aromatic heterocycles. The number of para-hydroxylation sites is 1. The Balaban J connectivity index is 0.00000151. The highest BCUT2D eigenvalue weighted by Gasteiger charge is 2.28. The van der Waals surface area contributed by atoms with E-state index in [0.29, 0.717) is 26.1 Å². The molecule has 10 heteroatoms. The zero-order chi connectivity index (χ0) is 27.2. The van der Waals surface area contributed by atoms with Gasteiger partial charge in [-0.15, -0.1) is 5.10 Å². The number of anilines is 1. The number of amides is 2. The lowest BCUT2D eigenvalue weighted by atomic mass is 10.0. The smallest absolute Gasteiger partial charge is 0.322 e. The second-order valence-corrected chi connectivity index (χ2v) is 9.81. The number of rotatable bonds is 5. The van der Waals surface area contributed by atoms with Crippen molar-refractivity contribution in [2.24, 2.45) is 0 Å². The third kappa shape index (κ3) is 5.92. The Morgan fingerprint density at radius 3 is 2.38 bits per heavy atom. The lowest BCUT2D eigenvalue weighted by Gasteiger charge is -2.28. The van der Waals surface area contributed by atoms with Crippen LogP contribution in [0.15, 0.2) is 95.6 Å². The molecule has 0 fully saturated rings. The topological polar surface area (TPSA) is 101 Å². The van der Waals surface area contributed by atoms with Crippen LogP contribution >= 0.6 is 15.9 Å². The Kier molecular flexibility index (Phi) is 8.14. The maximum atomic E-state index is 13.0. The normalized spacial score (nSPS) is 12.3. The summed E-state index contributed by atoms with van der Waals surface area (Å²) in [6.45, 7) is 1.60. The predicted octanol–water partition coefficient (Wildman–Crippen LogP) is 5.14. The molecule has 6 rings (SSSR count). The second-order valence-electron chi connectivity index (χ2n) is 8.90. The van der Waals surface area contributed by atoms with Gasteiger partial charge >= 0.3 is 6.03 Å². The largest absolute Gasteiger partial charge is 0.400 e. The van der Waals surface area contributed by atoms with Crippen LogP contribution in [0.5, 0.6) is 0 Å². The molecule has 1 aliphatic heterocycles. The Bertz CT molecular complexity index is 1530. The van der Waals surface area contributed by atoms with Crippen LogP contribution in [0.3, 0.4) is 0 Å². The maximum Gasteiger partial charge on any atom is 0.322 e. The summed E-state index contributed by atoms with van der Waals surface area (Å²) < 4.78 is 4.80. The zero-order valence-electron chi connectivity index (χ0n) is 21.4. The first kappa shape index (κ1) is 26.3. The highest BCUT2D eigenvalue weighted by molar-refractivity contribution is 9.10. The number of aliphatic hydroxyl groups is 1. The van der Waals surface area contributed by atoms with Crippen molar-refractivity contribution in [2.45, 2.75) is 19.5 Å². The molecule has 0 spiro atoms. The molecule has 3 aromatic carbocycles. The minimum atomic E-state index is -0.110. The fraction of sp³-hybridized carbons (Fsp3) is 0.172. The Morgan fingerprint density at radius 1 is 0.974 bits per heavy atom. The Labute approximate surface area is 234 Å². The van der Waals surface area contributed by atoms with Crippen LogP contribution in [-0.2, 0) is 19.5 Å². The Morgan fingerprint density at radius 2 is 1.67 bits per heavy atom. The molecule has 3 heterocycles. The predicted molar refractivity (Wildman–Crippen MR) is 154 cm³/mol.